The van der Waals surface area contributed by atoms with Crippen molar-refractivity contribution in [2.24, 2.45) is 0 Å². The van der Waals surface area contributed by atoms with E-state index in [1.165, 1.54) is 10.9 Å². The Morgan fingerprint density at radius 3 is 2.91 bits per heavy atom. The summed E-state index contributed by atoms with van der Waals surface area (Å²) < 4.78 is 0. The SMILES string of the molecule is Cc1c[nH]c2c(Cl)cccc12. The molecule has 0 aliphatic heterocycles. The van der Waals surface area contributed by atoms with Gasteiger partial charge in [0.1, 0.15) is 0 Å². The molecule has 0 aliphatic carbocycles. The molecule has 0 fully saturated rings. The van der Waals surface area contributed by atoms with Crippen LogP contribution in [-0.2, 0) is 0 Å². The highest BCUT2D eigenvalue weighted by atomic mass is 35.5. The highest BCUT2D eigenvalue weighted by molar-refractivity contribution is 6.35. The van der Waals surface area contributed by atoms with E-state index in [2.05, 4.69) is 18.0 Å². The Hall–Kier alpha value is -0.950. The van der Waals surface area contributed by atoms with Crippen LogP contribution in [0.4, 0.5) is 0 Å². The van der Waals surface area contributed by atoms with Gasteiger partial charge in [0.05, 0.1) is 10.5 Å². The standard InChI is InChI=1S/C9H8ClN/c1-6-5-11-9-7(6)3-2-4-8(9)10/h2-5,11H,1H3. The largest absolute Gasteiger partial charge is 0.360 e. The van der Waals surface area contributed by atoms with Crippen LogP contribution in [0.2, 0.25) is 5.02 Å². The molecule has 1 N–H and O–H groups in total. The smallest absolute Gasteiger partial charge is 0.0647 e. The summed E-state index contributed by atoms with van der Waals surface area (Å²) >= 11 is 5.94. The summed E-state index contributed by atoms with van der Waals surface area (Å²) in [4.78, 5) is 3.12. The molecule has 0 spiro atoms. The lowest BCUT2D eigenvalue weighted by atomic mass is 10.2. The monoisotopic (exact) mass is 165 g/mol. The highest BCUT2D eigenvalue weighted by Gasteiger charge is 2.00. The Labute approximate surface area is 70.0 Å². The van der Waals surface area contributed by atoms with Crippen LogP contribution in [0.3, 0.4) is 0 Å². The zero-order chi connectivity index (χ0) is 7.84. The second kappa shape index (κ2) is 2.28. The van der Waals surface area contributed by atoms with Crippen molar-refractivity contribution in [3.05, 3.63) is 35.0 Å². The van der Waals surface area contributed by atoms with Gasteiger partial charge in [-0.25, -0.2) is 0 Å². The summed E-state index contributed by atoms with van der Waals surface area (Å²) in [6.07, 6.45) is 1.97. The minimum atomic E-state index is 0.788. The van der Waals surface area contributed by atoms with Crippen LogP contribution in [0.15, 0.2) is 24.4 Å². The highest BCUT2D eigenvalue weighted by Crippen LogP contribution is 2.23. The molecule has 1 heterocycles. The molecule has 0 aliphatic rings. The summed E-state index contributed by atoms with van der Waals surface area (Å²) in [6, 6.07) is 5.92. The molecule has 0 unspecified atom stereocenters. The summed E-state index contributed by atoms with van der Waals surface area (Å²) in [5.74, 6) is 0. The fourth-order valence-electron chi connectivity index (χ4n) is 1.26. The van der Waals surface area contributed by atoms with Crippen LogP contribution in [0.25, 0.3) is 10.9 Å². The van der Waals surface area contributed by atoms with Crippen molar-refractivity contribution in [3.8, 4) is 0 Å². The molecule has 2 heteroatoms. The van der Waals surface area contributed by atoms with E-state index in [4.69, 9.17) is 11.6 Å². The number of aromatic nitrogens is 1. The van der Waals surface area contributed by atoms with Crippen LogP contribution >= 0.6 is 11.6 Å². The zero-order valence-electron chi connectivity index (χ0n) is 6.19. The van der Waals surface area contributed by atoms with Crippen molar-refractivity contribution < 1.29 is 0 Å². The number of benzene rings is 1. The molecule has 0 radical (unpaired) electrons. The number of aryl methyl sites for hydroxylation is 1. The summed E-state index contributed by atoms with van der Waals surface area (Å²) in [5.41, 5.74) is 2.27. The second-order valence-corrected chi connectivity index (χ2v) is 3.04. The van der Waals surface area contributed by atoms with Gasteiger partial charge in [0.2, 0.25) is 0 Å². The number of halogens is 1. The van der Waals surface area contributed by atoms with Gasteiger partial charge < -0.3 is 4.98 Å². The topological polar surface area (TPSA) is 15.8 Å². The first-order valence-corrected chi connectivity index (χ1v) is 3.89. The third-order valence-electron chi connectivity index (χ3n) is 1.87. The van der Waals surface area contributed by atoms with Crippen LogP contribution in [0, 0.1) is 6.92 Å². The average molecular weight is 166 g/mol. The maximum atomic E-state index is 5.94. The molecule has 1 nitrogen and oxygen atoms in total. The lowest BCUT2D eigenvalue weighted by Gasteiger charge is -1.92. The van der Waals surface area contributed by atoms with Crippen LogP contribution in [0.5, 0.6) is 0 Å². The van der Waals surface area contributed by atoms with Crippen molar-refractivity contribution in [1.82, 2.24) is 4.98 Å². The van der Waals surface area contributed by atoms with E-state index < -0.39 is 0 Å². The molecule has 0 bridgehead atoms. The Balaban J connectivity index is 2.94. The van der Waals surface area contributed by atoms with Gasteiger partial charge in [-0.2, -0.15) is 0 Å². The van der Waals surface area contributed by atoms with Crippen molar-refractivity contribution >= 4 is 22.5 Å². The van der Waals surface area contributed by atoms with Crippen LogP contribution in [0.1, 0.15) is 5.56 Å². The van der Waals surface area contributed by atoms with Gasteiger partial charge in [-0.3, -0.25) is 0 Å². The molecule has 0 amide bonds. The number of aromatic amines is 1. The minimum Gasteiger partial charge on any atom is -0.360 e. The molecule has 1 aromatic carbocycles. The van der Waals surface area contributed by atoms with E-state index in [1.807, 2.05) is 18.3 Å². The molecule has 0 atom stereocenters. The fourth-order valence-corrected chi connectivity index (χ4v) is 1.49. The summed E-state index contributed by atoms with van der Waals surface area (Å²) in [6.45, 7) is 2.06. The molecule has 0 saturated heterocycles. The predicted octanol–water partition coefficient (Wildman–Crippen LogP) is 3.13. The summed E-state index contributed by atoms with van der Waals surface area (Å²) in [5, 5.41) is 1.99. The van der Waals surface area contributed by atoms with Crippen molar-refractivity contribution in [2.45, 2.75) is 6.92 Å². The van der Waals surface area contributed by atoms with Crippen LogP contribution in [-0.4, -0.2) is 4.98 Å². The van der Waals surface area contributed by atoms with E-state index >= 15 is 0 Å². The van der Waals surface area contributed by atoms with Gasteiger partial charge in [0.25, 0.3) is 0 Å². The Bertz CT molecular complexity index is 389. The van der Waals surface area contributed by atoms with E-state index in [-0.39, 0.29) is 0 Å². The minimum absolute atomic E-state index is 0.788. The van der Waals surface area contributed by atoms with Crippen molar-refractivity contribution in [1.29, 1.82) is 0 Å². The van der Waals surface area contributed by atoms with E-state index in [0.29, 0.717) is 0 Å². The number of hydrogen-bond donors (Lipinski definition) is 1. The predicted molar refractivity (Wildman–Crippen MR) is 48.0 cm³/mol. The molecule has 2 rings (SSSR count). The number of hydrogen-bond acceptors (Lipinski definition) is 0. The molecular formula is C9H8ClN. The molecule has 56 valence electrons. The molecular weight excluding hydrogens is 158 g/mol. The van der Waals surface area contributed by atoms with Gasteiger partial charge in [0, 0.05) is 11.6 Å². The summed E-state index contributed by atoms with van der Waals surface area (Å²) in [7, 11) is 0. The Kier molecular flexibility index (Phi) is 1.40. The molecule has 0 saturated carbocycles. The normalized spacial score (nSPS) is 10.7. The number of H-pyrrole nitrogens is 1. The lowest BCUT2D eigenvalue weighted by molar-refractivity contribution is 1.43. The van der Waals surface area contributed by atoms with Crippen molar-refractivity contribution in [2.75, 3.05) is 0 Å². The number of para-hydroxylation sites is 1. The second-order valence-electron chi connectivity index (χ2n) is 2.63. The van der Waals surface area contributed by atoms with Gasteiger partial charge in [-0.15, -0.1) is 0 Å². The zero-order valence-corrected chi connectivity index (χ0v) is 6.94. The van der Waals surface area contributed by atoms with E-state index in [1.54, 1.807) is 0 Å². The number of rotatable bonds is 0. The molecule has 2 aromatic rings. The first kappa shape index (κ1) is 6.74. The maximum Gasteiger partial charge on any atom is 0.0647 e. The van der Waals surface area contributed by atoms with Gasteiger partial charge in [-0.05, 0) is 18.6 Å². The van der Waals surface area contributed by atoms with Crippen molar-refractivity contribution in [3.63, 3.8) is 0 Å². The average Bonchev–Trinajstić information content (AvgIpc) is 2.35. The Morgan fingerprint density at radius 2 is 2.18 bits per heavy atom. The molecule has 11 heavy (non-hydrogen) atoms. The lowest BCUT2D eigenvalue weighted by Crippen LogP contribution is -1.69. The molecule has 1 aromatic heterocycles. The van der Waals surface area contributed by atoms with Gasteiger partial charge in [-0.1, -0.05) is 23.7 Å². The maximum absolute atomic E-state index is 5.94. The number of nitrogens with one attached hydrogen (secondary N) is 1. The fraction of sp³-hybridized carbons (Fsp3) is 0.111. The first-order chi connectivity index (χ1) is 5.29. The quantitative estimate of drug-likeness (QED) is 0.618. The van der Waals surface area contributed by atoms with Gasteiger partial charge in [0.15, 0.2) is 0 Å². The number of fused-ring (bicyclic) bond motifs is 1. The van der Waals surface area contributed by atoms with E-state index in [0.717, 1.165) is 10.5 Å². The van der Waals surface area contributed by atoms with Crippen LogP contribution < -0.4 is 0 Å². The first-order valence-electron chi connectivity index (χ1n) is 3.51. The third kappa shape index (κ3) is 0.925. The van der Waals surface area contributed by atoms with Gasteiger partial charge >= 0.3 is 0 Å². The van der Waals surface area contributed by atoms with E-state index in [9.17, 15) is 0 Å². The Morgan fingerprint density at radius 1 is 1.36 bits per heavy atom. The third-order valence-corrected chi connectivity index (χ3v) is 2.19.